The SMILES string of the molecule is CC(=O)Oc1c(C(C)(C)C)cc(-c2ccc(-c3cc(-c4ccc(C(c5ccccc5)(c5ccccc5)c5ccccc5)cc4)ccc3OS(=O)(=O)C(F)(F)F)cc2)cc1C(C)(C)C. The maximum atomic E-state index is 13.7. The van der Waals surface area contributed by atoms with Gasteiger partial charge in [0.25, 0.3) is 0 Å². The Kier molecular flexibility index (Phi) is 12.0. The van der Waals surface area contributed by atoms with E-state index in [0.29, 0.717) is 16.9 Å². The predicted molar refractivity (Wildman–Crippen MR) is 245 cm³/mol. The van der Waals surface area contributed by atoms with Crippen LogP contribution in [0.4, 0.5) is 13.2 Å². The molecule has 0 radical (unpaired) electrons. The van der Waals surface area contributed by atoms with Crippen molar-refractivity contribution < 1.29 is 35.3 Å². The number of carbonyl (C=O) groups is 1. The Labute approximate surface area is 368 Å². The smallest absolute Gasteiger partial charge is 0.426 e. The molecule has 0 atom stereocenters. The molecular formula is C54H49F3O5S. The van der Waals surface area contributed by atoms with Crippen molar-refractivity contribution in [3.8, 4) is 44.9 Å². The monoisotopic (exact) mass is 866 g/mol. The third-order valence-corrected chi connectivity index (χ3v) is 12.2. The van der Waals surface area contributed by atoms with Crippen molar-refractivity contribution in [1.29, 1.82) is 0 Å². The van der Waals surface area contributed by atoms with E-state index in [4.69, 9.17) is 8.92 Å². The largest absolute Gasteiger partial charge is 0.534 e. The minimum absolute atomic E-state index is 0.152. The molecule has 322 valence electrons. The number of alkyl halides is 3. The summed E-state index contributed by atoms with van der Waals surface area (Å²) in [4.78, 5) is 12.3. The van der Waals surface area contributed by atoms with Crippen LogP contribution in [-0.4, -0.2) is 19.9 Å². The van der Waals surface area contributed by atoms with Crippen molar-refractivity contribution in [2.24, 2.45) is 0 Å². The Morgan fingerprint density at radius 3 is 1.27 bits per heavy atom. The summed E-state index contributed by atoms with van der Waals surface area (Å²) in [6, 6.07) is 54.4. The molecule has 0 aromatic heterocycles. The van der Waals surface area contributed by atoms with Crippen LogP contribution in [0.15, 0.2) is 170 Å². The maximum absolute atomic E-state index is 13.7. The van der Waals surface area contributed by atoms with Crippen LogP contribution in [0.3, 0.4) is 0 Å². The molecule has 7 aromatic rings. The molecule has 0 aliphatic heterocycles. The van der Waals surface area contributed by atoms with Gasteiger partial charge in [0.2, 0.25) is 0 Å². The van der Waals surface area contributed by atoms with Crippen molar-refractivity contribution in [2.45, 2.75) is 70.2 Å². The van der Waals surface area contributed by atoms with Gasteiger partial charge in [0, 0.05) is 23.6 Å². The molecule has 0 spiro atoms. The first-order valence-corrected chi connectivity index (χ1v) is 22.0. The van der Waals surface area contributed by atoms with E-state index in [2.05, 4.69) is 48.5 Å². The molecular weight excluding hydrogens is 818 g/mol. The van der Waals surface area contributed by atoms with Gasteiger partial charge in [-0.25, -0.2) is 0 Å². The number of hydrogen-bond acceptors (Lipinski definition) is 5. The highest BCUT2D eigenvalue weighted by Gasteiger charge is 2.49. The van der Waals surface area contributed by atoms with E-state index < -0.39 is 43.6 Å². The molecule has 0 aliphatic rings. The van der Waals surface area contributed by atoms with Gasteiger partial charge < -0.3 is 8.92 Å². The average molecular weight is 867 g/mol. The molecule has 0 heterocycles. The maximum Gasteiger partial charge on any atom is 0.534 e. The second kappa shape index (κ2) is 17.0. The number of halogens is 3. The molecule has 0 unspecified atom stereocenters. The first kappa shape index (κ1) is 44.6. The van der Waals surface area contributed by atoms with Crippen molar-refractivity contribution in [3.05, 3.63) is 203 Å². The summed E-state index contributed by atoms with van der Waals surface area (Å²) in [7, 11) is -6.00. The molecule has 5 nitrogen and oxygen atoms in total. The van der Waals surface area contributed by atoms with E-state index in [0.717, 1.165) is 50.1 Å². The summed E-state index contributed by atoms with van der Waals surface area (Å²) >= 11 is 0. The highest BCUT2D eigenvalue weighted by atomic mass is 32.2. The van der Waals surface area contributed by atoms with Crippen LogP contribution in [0.1, 0.15) is 81.8 Å². The van der Waals surface area contributed by atoms with Gasteiger partial charge >= 0.3 is 21.6 Å². The van der Waals surface area contributed by atoms with Gasteiger partial charge in [-0.15, -0.1) is 0 Å². The highest BCUT2D eigenvalue weighted by molar-refractivity contribution is 7.88. The van der Waals surface area contributed by atoms with Crippen LogP contribution >= 0.6 is 0 Å². The van der Waals surface area contributed by atoms with Gasteiger partial charge in [-0.2, -0.15) is 21.6 Å². The van der Waals surface area contributed by atoms with Crippen molar-refractivity contribution in [2.75, 3.05) is 0 Å². The molecule has 63 heavy (non-hydrogen) atoms. The Hall–Kier alpha value is -6.45. The first-order chi connectivity index (χ1) is 29.7. The van der Waals surface area contributed by atoms with Gasteiger partial charge in [-0.05, 0) is 85.2 Å². The molecule has 9 heteroatoms. The van der Waals surface area contributed by atoms with Crippen molar-refractivity contribution in [3.63, 3.8) is 0 Å². The summed E-state index contributed by atoms with van der Waals surface area (Å²) in [6.45, 7) is 13.6. The second-order valence-electron chi connectivity index (χ2n) is 17.7. The van der Waals surface area contributed by atoms with Gasteiger partial charge in [-0.1, -0.05) is 187 Å². The van der Waals surface area contributed by atoms with Gasteiger partial charge in [0.1, 0.15) is 5.75 Å². The zero-order valence-electron chi connectivity index (χ0n) is 36.2. The van der Waals surface area contributed by atoms with Crippen molar-refractivity contribution in [1.82, 2.24) is 0 Å². The average Bonchev–Trinajstić information content (AvgIpc) is 3.24. The minimum Gasteiger partial charge on any atom is -0.426 e. The predicted octanol–water partition coefficient (Wildman–Crippen LogP) is 13.8. The minimum atomic E-state index is -6.00. The molecule has 0 saturated heterocycles. The molecule has 0 N–H and O–H groups in total. The standard InChI is InChI=1S/C54H49F3O5S/c1-36(58)61-50-47(51(2,3)4)34-41(35-48(50)52(5,6)7)38-23-25-39(26-24-38)46-33-40(29-32-49(46)62-63(59,60)54(55,56)57)37-27-30-45(31-28-37)53(42-17-11-8-12-18-42,43-19-13-9-14-20-43)44-21-15-10-16-22-44/h8-35H,1-7H3. The fraction of sp³-hybridized carbons (Fsp3) is 0.204. The fourth-order valence-electron chi connectivity index (χ4n) is 8.16. The second-order valence-corrected chi connectivity index (χ2v) is 19.2. The molecule has 0 aliphatic carbocycles. The summed E-state index contributed by atoms with van der Waals surface area (Å²) < 4.78 is 76.7. The Morgan fingerprint density at radius 1 is 0.476 bits per heavy atom. The van der Waals surface area contributed by atoms with E-state index in [-0.39, 0.29) is 5.56 Å². The van der Waals surface area contributed by atoms with E-state index in [1.54, 1.807) is 24.3 Å². The van der Waals surface area contributed by atoms with Crippen LogP contribution in [-0.2, 0) is 31.2 Å². The Balaban J connectivity index is 1.35. The summed E-state index contributed by atoms with van der Waals surface area (Å²) in [5, 5.41) is 0. The highest BCUT2D eigenvalue weighted by Crippen LogP contribution is 2.47. The molecule has 0 amide bonds. The van der Waals surface area contributed by atoms with Gasteiger partial charge in [0.15, 0.2) is 5.75 Å². The van der Waals surface area contributed by atoms with Gasteiger partial charge in [0.05, 0.1) is 5.41 Å². The third-order valence-electron chi connectivity index (χ3n) is 11.2. The van der Waals surface area contributed by atoms with E-state index >= 15 is 0 Å². The molecule has 0 saturated carbocycles. The topological polar surface area (TPSA) is 69.7 Å². The number of benzene rings is 7. The lowest BCUT2D eigenvalue weighted by molar-refractivity contribution is -0.132. The zero-order chi connectivity index (χ0) is 45.4. The lowest BCUT2D eigenvalue weighted by Crippen LogP contribution is -2.30. The Morgan fingerprint density at radius 2 is 0.857 bits per heavy atom. The van der Waals surface area contributed by atoms with E-state index in [1.807, 2.05) is 133 Å². The van der Waals surface area contributed by atoms with E-state index in [9.17, 15) is 26.4 Å². The third kappa shape index (κ3) is 9.07. The van der Waals surface area contributed by atoms with E-state index in [1.165, 1.54) is 13.0 Å². The lowest BCUT2D eigenvalue weighted by atomic mass is 9.65. The van der Waals surface area contributed by atoms with Crippen LogP contribution in [0.25, 0.3) is 33.4 Å². The summed E-state index contributed by atoms with van der Waals surface area (Å²) in [5.41, 5.74) is 2.34. The zero-order valence-corrected chi connectivity index (χ0v) is 37.1. The molecule has 0 fully saturated rings. The lowest BCUT2D eigenvalue weighted by Gasteiger charge is -2.37. The quantitative estimate of drug-likeness (QED) is 0.0450. The fourth-order valence-corrected chi connectivity index (χ4v) is 8.63. The number of rotatable bonds is 10. The summed E-state index contributed by atoms with van der Waals surface area (Å²) in [5.74, 6) is -0.370. The summed E-state index contributed by atoms with van der Waals surface area (Å²) in [6.07, 6.45) is 0. The van der Waals surface area contributed by atoms with Crippen LogP contribution < -0.4 is 8.92 Å². The number of carbonyl (C=O) groups excluding carboxylic acids is 1. The number of ether oxygens (including phenoxy) is 1. The van der Waals surface area contributed by atoms with Crippen LogP contribution in [0.2, 0.25) is 0 Å². The first-order valence-electron chi connectivity index (χ1n) is 20.6. The molecule has 7 aromatic carbocycles. The van der Waals surface area contributed by atoms with Gasteiger partial charge in [-0.3, -0.25) is 4.79 Å². The number of hydrogen-bond donors (Lipinski definition) is 0. The van der Waals surface area contributed by atoms with Crippen LogP contribution in [0.5, 0.6) is 11.5 Å². The molecule has 0 bridgehead atoms. The molecule has 7 rings (SSSR count). The van der Waals surface area contributed by atoms with Crippen LogP contribution in [0, 0.1) is 0 Å². The normalized spacial score (nSPS) is 12.5. The number of esters is 1. The Bertz CT molecular complexity index is 2710. The van der Waals surface area contributed by atoms with Crippen molar-refractivity contribution >= 4 is 16.1 Å².